The fourth-order valence-corrected chi connectivity index (χ4v) is 1.66. The number of carbonyl (C=O) groups is 1. The monoisotopic (exact) mass is 305 g/mol. The summed E-state index contributed by atoms with van der Waals surface area (Å²) in [5.74, 6) is -1.89. The molecule has 1 aromatic carbocycles. The van der Waals surface area contributed by atoms with E-state index in [1.165, 1.54) is 0 Å². The maximum atomic E-state index is 12.1. The van der Waals surface area contributed by atoms with E-state index in [-0.39, 0.29) is 10.9 Å². The zero-order valence-corrected chi connectivity index (χ0v) is 9.87. The summed E-state index contributed by atoms with van der Waals surface area (Å²) in [4.78, 5) is 10.8. The third-order valence-corrected chi connectivity index (χ3v) is 2.52. The minimum atomic E-state index is -3.12. The van der Waals surface area contributed by atoms with Gasteiger partial charge in [0.05, 0.1) is 11.6 Å². The van der Waals surface area contributed by atoms with Crippen molar-refractivity contribution in [3.63, 3.8) is 0 Å². The Morgan fingerprint density at radius 1 is 1.59 bits per heavy atom. The first-order valence-electron chi connectivity index (χ1n) is 4.30. The van der Waals surface area contributed by atoms with Crippen molar-refractivity contribution < 1.29 is 23.4 Å². The van der Waals surface area contributed by atoms with Crippen LogP contribution in [0.25, 0.3) is 0 Å². The summed E-state index contributed by atoms with van der Waals surface area (Å²) in [6, 6.07) is 3.91. The van der Waals surface area contributed by atoms with E-state index < -0.39 is 23.9 Å². The molecule has 1 N–H and O–H groups in total. The van der Waals surface area contributed by atoms with Crippen LogP contribution in [0.15, 0.2) is 12.1 Å². The van der Waals surface area contributed by atoms with Gasteiger partial charge in [-0.15, -0.1) is 0 Å². The number of carboxylic acid groups (broad SMARTS) is 1. The van der Waals surface area contributed by atoms with Gasteiger partial charge in [0.25, 0.3) is 0 Å². The molecule has 4 nitrogen and oxygen atoms in total. The highest BCUT2D eigenvalue weighted by molar-refractivity contribution is 9.08. The summed E-state index contributed by atoms with van der Waals surface area (Å²) in [6.07, 6.45) is 0. The molecule has 1 aromatic rings. The Balaban J connectivity index is 3.36. The zero-order chi connectivity index (χ0) is 13.0. The predicted molar refractivity (Wildman–Crippen MR) is 57.4 cm³/mol. The van der Waals surface area contributed by atoms with E-state index >= 15 is 0 Å². The van der Waals surface area contributed by atoms with Crippen LogP contribution in [0.2, 0.25) is 0 Å². The van der Waals surface area contributed by atoms with Crippen LogP contribution < -0.4 is 4.74 Å². The molecule has 0 radical (unpaired) electrons. The quantitative estimate of drug-likeness (QED) is 0.868. The smallest absolute Gasteiger partial charge is 0.387 e. The molecule has 0 bridgehead atoms. The largest absolute Gasteiger partial charge is 0.478 e. The average Bonchev–Trinajstić information content (AvgIpc) is 2.27. The first kappa shape index (κ1) is 13.4. The van der Waals surface area contributed by atoms with Crippen molar-refractivity contribution >= 4 is 21.9 Å². The lowest BCUT2D eigenvalue weighted by atomic mass is 10.0. The summed E-state index contributed by atoms with van der Waals surface area (Å²) in [6.45, 7) is -3.12. The third kappa shape index (κ3) is 3.14. The number of hydrogen-bond donors (Lipinski definition) is 1. The van der Waals surface area contributed by atoms with Gasteiger partial charge in [-0.25, -0.2) is 4.79 Å². The molecule has 7 heteroatoms. The van der Waals surface area contributed by atoms with Gasteiger partial charge in [0.1, 0.15) is 11.3 Å². The molecule has 90 valence electrons. The van der Waals surface area contributed by atoms with Crippen LogP contribution in [0.5, 0.6) is 5.75 Å². The molecule has 17 heavy (non-hydrogen) atoms. The lowest BCUT2D eigenvalue weighted by Crippen LogP contribution is -2.09. The highest BCUT2D eigenvalue weighted by Crippen LogP contribution is 2.26. The normalized spacial score (nSPS) is 10.1. The van der Waals surface area contributed by atoms with Crippen molar-refractivity contribution in [1.29, 1.82) is 5.26 Å². The summed E-state index contributed by atoms with van der Waals surface area (Å²) < 4.78 is 28.3. The highest BCUT2D eigenvalue weighted by atomic mass is 79.9. The molecule has 0 saturated carbocycles. The lowest BCUT2D eigenvalue weighted by molar-refractivity contribution is -0.0503. The Labute approximate surface area is 104 Å². The number of hydrogen-bond acceptors (Lipinski definition) is 3. The Hall–Kier alpha value is -1.68. The number of rotatable bonds is 4. The SMILES string of the molecule is N#Cc1cc(C(=O)O)c(OC(F)F)cc1CBr. The van der Waals surface area contributed by atoms with Crippen molar-refractivity contribution in [1.82, 2.24) is 0 Å². The topological polar surface area (TPSA) is 70.3 Å². The Morgan fingerprint density at radius 2 is 2.24 bits per heavy atom. The molecular weight excluding hydrogens is 300 g/mol. The van der Waals surface area contributed by atoms with E-state index in [0.717, 1.165) is 12.1 Å². The van der Waals surface area contributed by atoms with Crippen molar-refractivity contribution in [2.75, 3.05) is 0 Å². The molecule has 0 heterocycles. The average molecular weight is 306 g/mol. The molecule has 1 rings (SSSR count). The molecule has 0 aliphatic rings. The van der Waals surface area contributed by atoms with Gasteiger partial charge >= 0.3 is 12.6 Å². The summed E-state index contributed by atoms with van der Waals surface area (Å²) in [5.41, 5.74) is 0.0144. The van der Waals surface area contributed by atoms with Gasteiger partial charge in [0.15, 0.2) is 0 Å². The van der Waals surface area contributed by atoms with Crippen LogP contribution >= 0.6 is 15.9 Å². The number of nitrogens with zero attached hydrogens (tertiary/aromatic N) is 1. The van der Waals surface area contributed by atoms with E-state index in [9.17, 15) is 13.6 Å². The summed E-state index contributed by atoms with van der Waals surface area (Å²) in [5, 5.41) is 17.8. The molecule has 0 amide bonds. The molecule has 0 unspecified atom stereocenters. The molecular formula is C10H6BrF2NO3. The van der Waals surface area contributed by atoms with Crippen molar-refractivity contribution in [3.8, 4) is 11.8 Å². The lowest BCUT2D eigenvalue weighted by Gasteiger charge is -2.10. The van der Waals surface area contributed by atoms with Crippen molar-refractivity contribution in [3.05, 3.63) is 28.8 Å². The van der Waals surface area contributed by atoms with Gasteiger partial charge in [-0.2, -0.15) is 14.0 Å². The van der Waals surface area contributed by atoms with Gasteiger partial charge in [0.2, 0.25) is 0 Å². The molecule has 0 aliphatic carbocycles. The summed E-state index contributed by atoms with van der Waals surface area (Å²) in [7, 11) is 0. The van der Waals surface area contributed by atoms with Gasteiger partial charge < -0.3 is 9.84 Å². The number of nitriles is 1. The van der Waals surface area contributed by atoms with Gasteiger partial charge in [-0.05, 0) is 17.7 Å². The second-order valence-electron chi connectivity index (χ2n) is 2.93. The molecule has 0 fully saturated rings. The third-order valence-electron chi connectivity index (χ3n) is 1.92. The maximum Gasteiger partial charge on any atom is 0.387 e. The molecule has 0 atom stereocenters. The summed E-state index contributed by atoms with van der Waals surface area (Å²) >= 11 is 3.07. The fourth-order valence-electron chi connectivity index (χ4n) is 1.20. The van der Waals surface area contributed by atoms with Crippen molar-refractivity contribution in [2.24, 2.45) is 0 Å². The van der Waals surface area contributed by atoms with Crippen LogP contribution in [-0.2, 0) is 5.33 Å². The first-order valence-corrected chi connectivity index (χ1v) is 5.42. The second kappa shape index (κ2) is 5.59. The predicted octanol–water partition coefficient (Wildman–Crippen LogP) is 2.75. The van der Waals surface area contributed by atoms with Crippen LogP contribution in [0.3, 0.4) is 0 Å². The number of aromatic carboxylic acids is 1. The Kier molecular flexibility index (Phi) is 4.40. The van der Waals surface area contributed by atoms with E-state index in [2.05, 4.69) is 20.7 Å². The fraction of sp³-hybridized carbons (Fsp3) is 0.200. The number of halogens is 3. The van der Waals surface area contributed by atoms with Crippen molar-refractivity contribution in [2.45, 2.75) is 11.9 Å². The van der Waals surface area contributed by atoms with E-state index in [1.807, 2.05) is 0 Å². The molecule has 0 aliphatic heterocycles. The van der Waals surface area contributed by atoms with Gasteiger partial charge in [0, 0.05) is 5.33 Å². The first-order chi connectivity index (χ1) is 7.99. The molecule has 0 spiro atoms. The highest BCUT2D eigenvalue weighted by Gasteiger charge is 2.18. The van der Waals surface area contributed by atoms with Gasteiger partial charge in [-0.1, -0.05) is 15.9 Å². The number of carboxylic acids is 1. The van der Waals surface area contributed by atoms with Crippen LogP contribution in [-0.4, -0.2) is 17.7 Å². The standard InChI is InChI=1S/C10H6BrF2NO3/c11-3-5-2-8(17-10(12)13)7(9(15)16)1-6(5)4-14/h1-2,10H,3H2,(H,15,16). The Morgan fingerprint density at radius 3 is 2.65 bits per heavy atom. The minimum Gasteiger partial charge on any atom is -0.478 e. The molecule has 0 saturated heterocycles. The zero-order valence-electron chi connectivity index (χ0n) is 8.28. The van der Waals surface area contributed by atoms with Crippen LogP contribution in [0.4, 0.5) is 8.78 Å². The second-order valence-corrected chi connectivity index (χ2v) is 3.50. The van der Waals surface area contributed by atoms with E-state index in [1.54, 1.807) is 6.07 Å². The van der Waals surface area contributed by atoms with Crippen LogP contribution in [0.1, 0.15) is 21.5 Å². The molecule has 0 aromatic heterocycles. The Bertz CT molecular complexity index is 485. The number of ether oxygens (including phenoxy) is 1. The number of alkyl halides is 3. The van der Waals surface area contributed by atoms with Gasteiger partial charge in [-0.3, -0.25) is 0 Å². The van der Waals surface area contributed by atoms with E-state index in [0.29, 0.717) is 5.56 Å². The minimum absolute atomic E-state index is 0.0980. The maximum absolute atomic E-state index is 12.1. The van der Waals surface area contributed by atoms with Crippen LogP contribution in [0, 0.1) is 11.3 Å². The van der Waals surface area contributed by atoms with E-state index in [4.69, 9.17) is 10.4 Å². The number of benzene rings is 1.